The summed E-state index contributed by atoms with van der Waals surface area (Å²) in [5, 5.41) is 13.9. The van der Waals surface area contributed by atoms with Crippen molar-refractivity contribution in [3.8, 4) is 10.6 Å². The molecule has 0 saturated carbocycles. The van der Waals surface area contributed by atoms with Crippen LogP contribution in [0.4, 0.5) is 10.8 Å². The first-order valence-electron chi connectivity index (χ1n) is 10.1. The normalized spacial score (nSPS) is 12.2. The van der Waals surface area contributed by atoms with Gasteiger partial charge in [-0.05, 0) is 23.3 Å². The number of anilines is 2. The first-order valence-corrected chi connectivity index (χ1v) is 11.3. The fourth-order valence-electron chi connectivity index (χ4n) is 3.60. The number of Topliss-reactive ketones (excluding diaryl/α,β-unsaturated/α-hetero) is 1. The molecule has 3 heterocycles. The van der Waals surface area contributed by atoms with Gasteiger partial charge in [0.2, 0.25) is 5.13 Å². The van der Waals surface area contributed by atoms with Crippen LogP contribution in [0.25, 0.3) is 10.6 Å². The number of aliphatic imine (C=N–C) groups is 1. The molecule has 4 aromatic rings. The van der Waals surface area contributed by atoms with Crippen LogP contribution in [-0.4, -0.2) is 31.7 Å². The lowest BCUT2D eigenvalue weighted by atomic mass is 10.0. The van der Waals surface area contributed by atoms with Crippen molar-refractivity contribution in [2.24, 2.45) is 12.0 Å². The van der Waals surface area contributed by atoms with Crippen LogP contribution in [0.3, 0.4) is 0 Å². The highest BCUT2D eigenvalue weighted by Crippen LogP contribution is 2.34. The first-order chi connectivity index (χ1) is 15.6. The molecule has 0 spiro atoms. The third kappa shape index (κ3) is 4.19. The largest absolute Gasteiger partial charge is 0.338 e. The van der Waals surface area contributed by atoms with E-state index < -0.39 is 0 Å². The molecule has 0 radical (unpaired) electrons. The summed E-state index contributed by atoms with van der Waals surface area (Å²) < 4.78 is 1.87. The highest BCUT2D eigenvalue weighted by molar-refractivity contribution is 7.18. The number of carbonyl (C=O) groups excluding carboxylic acids is 1. The highest BCUT2D eigenvalue weighted by atomic mass is 35.5. The molecule has 1 N–H and O–H groups in total. The van der Waals surface area contributed by atoms with Gasteiger partial charge in [-0.2, -0.15) is 0 Å². The van der Waals surface area contributed by atoms with Gasteiger partial charge in [-0.15, -0.1) is 10.2 Å². The summed E-state index contributed by atoms with van der Waals surface area (Å²) in [5.74, 6) is 0.883. The standard InChI is InChI=1S/C23H19ClN6OS/c1-30-8-7-26-20(30)11-17(31)10-14-3-2-4-15(9-14)22-28-29-23(32-22)27-19-6-5-16-12-25-13-18(16)21(19)24/h2-9,13H,10-12H2,1H3,(H,27,29). The summed E-state index contributed by atoms with van der Waals surface area (Å²) in [6.45, 7) is 0.666. The fraction of sp³-hybridized carbons (Fsp3) is 0.174. The van der Waals surface area contributed by atoms with Gasteiger partial charge in [0.1, 0.15) is 16.6 Å². The Morgan fingerprint density at radius 1 is 1.22 bits per heavy atom. The van der Waals surface area contributed by atoms with Gasteiger partial charge in [0.25, 0.3) is 0 Å². The Bertz CT molecular complexity index is 1340. The average Bonchev–Trinajstić information content (AvgIpc) is 3.52. The summed E-state index contributed by atoms with van der Waals surface area (Å²) in [4.78, 5) is 21.0. The average molecular weight is 463 g/mol. The van der Waals surface area contributed by atoms with Crippen LogP contribution in [0, 0.1) is 0 Å². The molecule has 32 heavy (non-hydrogen) atoms. The first kappa shape index (κ1) is 20.5. The van der Waals surface area contributed by atoms with E-state index in [2.05, 4.69) is 25.5 Å². The van der Waals surface area contributed by atoms with Crippen molar-refractivity contribution in [1.29, 1.82) is 0 Å². The number of aryl methyl sites for hydroxylation is 1. The Labute approximate surface area is 193 Å². The van der Waals surface area contributed by atoms with Crippen LogP contribution >= 0.6 is 22.9 Å². The SMILES string of the molecule is Cn1ccnc1CC(=O)Cc1cccc(-c2nnc(Nc3ccc4c(c3Cl)C=NC4)s2)c1. The number of ketones is 1. The van der Waals surface area contributed by atoms with Crippen molar-refractivity contribution >= 4 is 45.8 Å². The van der Waals surface area contributed by atoms with Gasteiger partial charge >= 0.3 is 0 Å². The van der Waals surface area contributed by atoms with Gasteiger partial charge in [-0.25, -0.2) is 4.98 Å². The van der Waals surface area contributed by atoms with E-state index in [0.717, 1.165) is 38.8 Å². The van der Waals surface area contributed by atoms with Gasteiger partial charge in [0, 0.05) is 43.2 Å². The highest BCUT2D eigenvalue weighted by Gasteiger charge is 2.16. The number of imidazole rings is 1. The molecule has 2 aromatic carbocycles. The zero-order valence-electron chi connectivity index (χ0n) is 17.2. The summed E-state index contributed by atoms with van der Waals surface area (Å²) >= 11 is 7.95. The number of aromatic nitrogens is 4. The molecule has 9 heteroatoms. The minimum Gasteiger partial charge on any atom is -0.338 e. The number of nitrogens with zero attached hydrogens (tertiary/aromatic N) is 5. The molecule has 2 aromatic heterocycles. The number of halogens is 1. The number of benzene rings is 2. The number of nitrogens with one attached hydrogen (secondary N) is 1. The molecular weight excluding hydrogens is 444 g/mol. The maximum Gasteiger partial charge on any atom is 0.210 e. The molecule has 1 aliphatic heterocycles. The summed E-state index contributed by atoms with van der Waals surface area (Å²) in [6.07, 6.45) is 6.00. The second-order valence-electron chi connectivity index (χ2n) is 7.55. The van der Waals surface area contributed by atoms with E-state index in [0.29, 0.717) is 29.5 Å². The Balaban J connectivity index is 1.30. The van der Waals surface area contributed by atoms with E-state index in [9.17, 15) is 4.79 Å². The lowest BCUT2D eigenvalue weighted by Crippen LogP contribution is -2.10. The smallest absolute Gasteiger partial charge is 0.210 e. The Hall–Kier alpha value is -3.36. The summed E-state index contributed by atoms with van der Waals surface area (Å²) in [5.41, 5.74) is 4.70. The molecule has 0 amide bonds. The molecule has 7 nitrogen and oxygen atoms in total. The van der Waals surface area contributed by atoms with Crippen molar-refractivity contribution in [1.82, 2.24) is 19.7 Å². The van der Waals surface area contributed by atoms with E-state index in [4.69, 9.17) is 11.6 Å². The van der Waals surface area contributed by atoms with Crippen LogP contribution in [0.15, 0.2) is 53.8 Å². The lowest BCUT2D eigenvalue weighted by Gasteiger charge is -2.08. The number of rotatable bonds is 7. The minimum atomic E-state index is 0.117. The van der Waals surface area contributed by atoms with Crippen molar-refractivity contribution in [2.45, 2.75) is 19.4 Å². The number of hydrogen-bond donors (Lipinski definition) is 1. The molecule has 0 aliphatic carbocycles. The zero-order chi connectivity index (χ0) is 22.1. The minimum absolute atomic E-state index is 0.117. The molecule has 0 fully saturated rings. The Morgan fingerprint density at radius 2 is 2.12 bits per heavy atom. The molecule has 0 atom stereocenters. The molecule has 160 valence electrons. The van der Waals surface area contributed by atoms with E-state index in [1.807, 2.05) is 54.2 Å². The van der Waals surface area contributed by atoms with E-state index in [-0.39, 0.29) is 5.78 Å². The molecular formula is C23H19ClN6OS. The maximum atomic E-state index is 12.5. The van der Waals surface area contributed by atoms with Gasteiger partial charge in [-0.1, -0.05) is 47.2 Å². The number of fused-ring (bicyclic) bond motifs is 1. The van der Waals surface area contributed by atoms with Gasteiger partial charge in [-0.3, -0.25) is 9.79 Å². The van der Waals surface area contributed by atoms with Crippen molar-refractivity contribution in [3.63, 3.8) is 0 Å². The van der Waals surface area contributed by atoms with Gasteiger partial charge in [0.05, 0.1) is 23.7 Å². The van der Waals surface area contributed by atoms with E-state index in [1.54, 1.807) is 12.4 Å². The molecule has 0 bridgehead atoms. The van der Waals surface area contributed by atoms with Crippen LogP contribution in [0.2, 0.25) is 5.02 Å². The molecule has 0 saturated heterocycles. The van der Waals surface area contributed by atoms with Crippen LogP contribution in [0.1, 0.15) is 22.5 Å². The van der Waals surface area contributed by atoms with E-state index in [1.165, 1.54) is 11.3 Å². The zero-order valence-corrected chi connectivity index (χ0v) is 18.8. The predicted molar refractivity (Wildman–Crippen MR) is 127 cm³/mol. The maximum absolute atomic E-state index is 12.5. The second-order valence-corrected chi connectivity index (χ2v) is 8.91. The van der Waals surface area contributed by atoms with Crippen LogP contribution < -0.4 is 5.32 Å². The third-order valence-electron chi connectivity index (χ3n) is 5.27. The predicted octanol–water partition coefficient (Wildman–Crippen LogP) is 4.62. The summed E-state index contributed by atoms with van der Waals surface area (Å²) in [7, 11) is 1.89. The Morgan fingerprint density at radius 3 is 2.97 bits per heavy atom. The van der Waals surface area contributed by atoms with Crippen LogP contribution in [-0.2, 0) is 31.2 Å². The molecule has 0 unspecified atom stereocenters. The molecule has 5 rings (SSSR count). The van der Waals surface area contributed by atoms with Crippen molar-refractivity contribution in [3.05, 3.63) is 76.3 Å². The topological polar surface area (TPSA) is 85.1 Å². The monoisotopic (exact) mass is 462 g/mol. The van der Waals surface area contributed by atoms with Crippen molar-refractivity contribution < 1.29 is 4.79 Å². The van der Waals surface area contributed by atoms with Gasteiger partial charge < -0.3 is 9.88 Å². The molecule has 1 aliphatic rings. The lowest BCUT2D eigenvalue weighted by molar-refractivity contribution is -0.117. The number of carbonyl (C=O) groups is 1. The Kier molecular flexibility index (Phi) is 5.55. The summed E-state index contributed by atoms with van der Waals surface area (Å²) in [6, 6.07) is 11.8. The van der Waals surface area contributed by atoms with Crippen molar-refractivity contribution in [2.75, 3.05) is 5.32 Å². The van der Waals surface area contributed by atoms with Crippen LogP contribution in [0.5, 0.6) is 0 Å². The second kappa shape index (κ2) is 8.64. The van der Waals surface area contributed by atoms with E-state index >= 15 is 0 Å². The fourth-order valence-corrected chi connectivity index (χ4v) is 4.63. The van der Waals surface area contributed by atoms with Gasteiger partial charge in [0.15, 0.2) is 0 Å². The number of hydrogen-bond acceptors (Lipinski definition) is 7. The quantitative estimate of drug-likeness (QED) is 0.433. The third-order valence-corrected chi connectivity index (χ3v) is 6.57.